The summed E-state index contributed by atoms with van der Waals surface area (Å²) in [4.78, 5) is 12.5. The van der Waals surface area contributed by atoms with Crippen LogP contribution < -0.4 is 10.6 Å². The summed E-state index contributed by atoms with van der Waals surface area (Å²) in [6, 6.07) is 7.93. The van der Waals surface area contributed by atoms with Gasteiger partial charge in [-0.05, 0) is 68.7 Å². The number of rotatable bonds is 4. The molecule has 6 heteroatoms. The summed E-state index contributed by atoms with van der Waals surface area (Å²) < 4.78 is 5.05. The molecule has 0 aliphatic heterocycles. The lowest BCUT2D eigenvalue weighted by Crippen LogP contribution is -2.19. The predicted molar refractivity (Wildman–Crippen MR) is 101 cm³/mol. The molecule has 2 N–H and O–H groups in total. The van der Waals surface area contributed by atoms with Gasteiger partial charge in [0.2, 0.25) is 0 Å². The lowest BCUT2D eigenvalue weighted by atomic mass is 10.1. The minimum atomic E-state index is -0.295. The molecule has 23 heavy (non-hydrogen) atoms. The molecule has 4 nitrogen and oxygen atoms in total. The Morgan fingerprint density at radius 1 is 1.22 bits per heavy atom. The molecule has 2 rings (SSSR count). The van der Waals surface area contributed by atoms with Crippen molar-refractivity contribution in [1.29, 1.82) is 0 Å². The summed E-state index contributed by atoms with van der Waals surface area (Å²) in [6.07, 6.45) is 0. The number of aryl methyl sites for hydroxylation is 2. The Labute approximate surface area is 145 Å². The maximum Gasteiger partial charge on any atom is 0.348 e. The molecular formula is C17H20N2O2S2. The summed E-state index contributed by atoms with van der Waals surface area (Å²) in [7, 11) is 0. The second-order valence-electron chi connectivity index (χ2n) is 5.17. The zero-order chi connectivity index (χ0) is 17.0. The molecule has 0 amide bonds. The van der Waals surface area contributed by atoms with Crippen LogP contribution in [0.25, 0.3) is 0 Å². The van der Waals surface area contributed by atoms with Gasteiger partial charge in [-0.25, -0.2) is 4.79 Å². The molecule has 0 unspecified atom stereocenters. The van der Waals surface area contributed by atoms with Crippen molar-refractivity contribution in [1.82, 2.24) is 0 Å². The third-order valence-corrected chi connectivity index (χ3v) is 4.80. The standard InChI is InChI=1S/C17H20N2O2S2/c1-5-21-16(20)15-11(3)9-14(23-15)19-17(22)18-13-8-6-7-10(2)12(13)4/h6-9H,5H2,1-4H3,(H2,18,19,22). The Kier molecular flexibility index (Phi) is 5.74. The molecule has 1 aromatic heterocycles. The minimum absolute atomic E-state index is 0.295. The molecule has 2 aromatic rings. The fourth-order valence-electron chi connectivity index (χ4n) is 2.09. The highest BCUT2D eigenvalue weighted by Gasteiger charge is 2.15. The van der Waals surface area contributed by atoms with E-state index in [0.29, 0.717) is 16.6 Å². The Morgan fingerprint density at radius 2 is 1.96 bits per heavy atom. The molecule has 0 radical (unpaired) electrons. The summed E-state index contributed by atoms with van der Waals surface area (Å²) in [5.74, 6) is -0.295. The highest BCUT2D eigenvalue weighted by Crippen LogP contribution is 2.27. The molecule has 0 saturated carbocycles. The van der Waals surface area contributed by atoms with E-state index >= 15 is 0 Å². The van der Waals surface area contributed by atoms with Crippen molar-refractivity contribution >= 4 is 45.3 Å². The van der Waals surface area contributed by atoms with Crippen LogP contribution in [0, 0.1) is 20.8 Å². The van der Waals surface area contributed by atoms with Gasteiger partial charge in [0.15, 0.2) is 5.11 Å². The molecule has 0 atom stereocenters. The molecule has 1 aromatic carbocycles. The van der Waals surface area contributed by atoms with Crippen molar-refractivity contribution in [3.8, 4) is 0 Å². The number of hydrogen-bond donors (Lipinski definition) is 2. The van der Waals surface area contributed by atoms with Crippen LogP contribution in [0.4, 0.5) is 10.7 Å². The zero-order valence-electron chi connectivity index (χ0n) is 13.6. The number of nitrogens with one attached hydrogen (secondary N) is 2. The van der Waals surface area contributed by atoms with Crippen molar-refractivity contribution in [3.05, 3.63) is 45.8 Å². The van der Waals surface area contributed by atoms with Gasteiger partial charge in [-0.2, -0.15) is 0 Å². The smallest absolute Gasteiger partial charge is 0.348 e. The third-order valence-electron chi connectivity index (χ3n) is 3.47. The van der Waals surface area contributed by atoms with E-state index in [1.165, 1.54) is 16.9 Å². The SMILES string of the molecule is CCOC(=O)c1sc(NC(=S)Nc2cccc(C)c2C)cc1C. The quantitative estimate of drug-likeness (QED) is 0.622. The number of carbonyl (C=O) groups is 1. The Morgan fingerprint density at radius 3 is 2.65 bits per heavy atom. The molecule has 122 valence electrons. The molecule has 0 aliphatic rings. The van der Waals surface area contributed by atoms with Crippen molar-refractivity contribution in [2.24, 2.45) is 0 Å². The van der Waals surface area contributed by atoms with E-state index in [2.05, 4.69) is 30.5 Å². The summed E-state index contributed by atoms with van der Waals surface area (Å²) >= 11 is 6.70. The number of esters is 1. The molecule has 1 heterocycles. The van der Waals surface area contributed by atoms with E-state index in [-0.39, 0.29) is 5.97 Å². The first-order chi connectivity index (χ1) is 10.9. The van der Waals surface area contributed by atoms with Crippen LogP contribution in [-0.4, -0.2) is 17.7 Å². The van der Waals surface area contributed by atoms with Crippen LogP contribution in [0.3, 0.4) is 0 Å². The molecular weight excluding hydrogens is 328 g/mol. The predicted octanol–water partition coefficient (Wildman–Crippen LogP) is 4.66. The van der Waals surface area contributed by atoms with Gasteiger partial charge >= 0.3 is 5.97 Å². The second-order valence-corrected chi connectivity index (χ2v) is 6.63. The molecule has 0 fully saturated rings. The normalized spacial score (nSPS) is 10.3. The van der Waals surface area contributed by atoms with E-state index in [0.717, 1.165) is 21.8 Å². The number of anilines is 2. The maximum absolute atomic E-state index is 11.8. The lowest BCUT2D eigenvalue weighted by molar-refractivity contribution is 0.0531. The van der Waals surface area contributed by atoms with Gasteiger partial charge in [0.1, 0.15) is 4.88 Å². The van der Waals surface area contributed by atoms with E-state index in [4.69, 9.17) is 17.0 Å². The van der Waals surface area contributed by atoms with Crippen molar-refractivity contribution in [2.45, 2.75) is 27.7 Å². The molecule has 0 aliphatic carbocycles. The number of hydrogen-bond acceptors (Lipinski definition) is 4. The van der Waals surface area contributed by atoms with Gasteiger partial charge in [-0.15, -0.1) is 11.3 Å². The molecule has 0 spiro atoms. The minimum Gasteiger partial charge on any atom is -0.462 e. The Bertz CT molecular complexity index is 738. The number of benzene rings is 1. The van der Waals surface area contributed by atoms with E-state index in [1.54, 1.807) is 6.92 Å². The number of thiocarbonyl (C=S) groups is 1. The van der Waals surface area contributed by atoms with E-state index in [9.17, 15) is 4.79 Å². The van der Waals surface area contributed by atoms with Crippen LogP contribution >= 0.6 is 23.6 Å². The first-order valence-electron chi connectivity index (χ1n) is 7.34. The molecule has 0 bridgehead atoms. The van der Waals surface area contributed by atoms with Gasteiger partial charge in [0.05, 0.1) is 11.6 Å². The first kappa shape index (κ1) is 17.4. The van der Waals surface area contributed by atoms with Gasteiger partial charge in [0, 0.05) is 5.69 Å². The summed E-state index contributed by atoms with van der Waals surface area (Å²) in [5.41, 5.74) is 4.22. The van der Waals surface area contributed by atoms with Gasteiger partial charge in [-0.3, -0.25) is 0 Å². The van der Waals surface area contributed by atoms with Crippen LogP contribution in [0.15, 0.2) is 24.3 Å². The highest BCUT2D eigenvalue weighted by molar-refractivity contribution is 7.80. The van der Waals surface area contributed by atoms with E-state index < -0.39 is 0 Å². The second kappa shape index (κ2) is 7.57. The number of thiophene rings is 1. The third kappa shape index (κ3) is 4.30. The average molecular weight is 348 g/mol. The Balaban J connectivity index is 2.07. The average Bonchev–Trinajstić information content (AvgIpc) is 2.84. The summed E-state index contributed by atoms with van der Waals surface area (Å²) in [5, 5.41) is 7.63. The lowest BCUT2D eigenvalue weighted by Gasteiger charge is -2.12. The van der Waals surface area contributed by atoms with Gasteiger partial charge in [0.25, 0.3) is 0 Å². The van der Waals surface area contributed by atoms with E-state index in [1.807, 2.05) is 25.1 Å². The maximum atomic E-state index is 11.8. The fraction of sp³-hybridized carbons (Fsp3) is 0.294. The van der Waals surface area contributed by atoms with Crippen molar-refractivity contribution < 1.29 is 9.53 Å². The van der Waals surface area contributed by atoms with Crippen LogP contribution in [0.1, 0.15) is 33.3 Å². The Hall–Kier alpha value is -1.92. The topological polar surface area (TPSA) is 50.4 Å². The van der Waals surface area contributed by atoms with Crippen molar-refractivity contribution in [3.63, 3.8) is 0 Å². The van der Waals surface area contributed by atoms with Crippen LogP contribution in [-0.2, 0) is 4.74 Å². The fourth-order valence-corrected chi connectivity index (χ4v) is 3.35. The monoisotopic (exact) mass is 348 g/mol. The first-order valence-corrected chi connectivity index (χ1v) is 8.56. The molecule has 0 saturated heterocycles. The number of ether oxygens (including phenoxy) is 1. The van der Waals surface area contributed by atoms with Crippen LogP contribution in [0.2, 0.25) is 0 Å². The van der Waals surface area contributed by atoms with Gasteiger partial charge in [-0.1, -0.05) is 12.1 Å². The van der Waals surface area contributed by atoms with Crippen LogP contribution in [0.5, 0.6) is 0 Å². The summed E-state index contributed by atoms with van der Waals surface area (Å²) in [6.45, 7) is 8.16. The van der Waals surface area contributed by atoms with Crippen molar-refractivity contribution in [2.75, 3.05) is 17.2 Å². The largest absolute Gasteiger partial charge is 0.462 e. The zero-order valence-corrected chi connectivity index (χ0v) is 15.3. The van der Waals surface area contributed by atoms with Gasteiger partial charge < -0.3 is 15.4 Å². The highest BCUT2D eigenvalue weighted by atomic mass is 32.1. The number of carbonyl (C=O) groups excluding carboxylic acids is 1.